The zero-order valence-electron chi connectivity index (χ0n) is 16.7. The molecule has 0 fully saturated rings. The molecule has 1 heterocycles. The minimum Gasteiger partial charge on any atom is -0.418 e. The zero-order valence-corrected chi connectivity index (χ0v) is 19.2. The summed E-state index contributed by atoms with van der Waals surface area (Å²) in [4.78, 5) is 1.08. The monoisotopic (exact) mass is 508 g/mol. The van der Waals surface area contributed by atoms with Crippen molar-refractivity contribution in [3.05, 3.63) is 68.0 Å². The zero-order chi connectivity index (χ0) is 22.8. The van der Waals surface area contributed by atoms with E-state index >= 15 is 0 Å². The topological polar surface area (TPSA) is 0 Å². The van der Waals surface area contributed by atoms with Gasteiger partial charge in [-0.15, -0.1) is 0 Å². The highest BCUT2D eigenvalue weighted by Crippen LogP contribution is 2.50. The molecule has 9 heteroatoms. The van der Waals surface area contributed by atoms with Gasteiger partial charge in [0.2, 0.25) is 4.88 Å². The van der Waals surface area contributed by atoms with Gasteiger partial charge in [-0.1, -0.05) is 24.3 Å². The molecule has 0 aliphatic heterocycles. The highest BCUT2D eigenvalue weighted by atomic mass is 79.9. The van der Waals surface area contributed by atoms with Crippen LogP contribution in [-0.2, 0) is 0 Å². The van der Waals surface area contributed by atoms with Crippen LogP contribution in [0.3, 0.4) is 0 Å². The maximum absolute atomic E-state index is 13.6. The Hall–Kier alpha value is -1.74. The van der Waals surface area contributed by atoms with Crippen LogP contribution in [0.1, 0.15) is 33.6 Å². The summed E-state index contributed by atoms with van der Waals surface area (Å²) in [5, 5.41) is 0. The van der Waals surface area contributed by atoms with Crippen LogP contribution in [0.25, 0.3) is 21.6 Å². The number of hydrogen-bond donors (Lipinski definition) is 0. The molecule has 0 aliphatic carbocycles. The molecule has 3 aromatic rings. The Kier molecular flexibility index (Phi) is 7.85. The van der Waals surface area contributed by atoms with Gasteiger partial charge in [-0.3, -0.25) is 0 Å². The summed E-state index contributed by atoms with van der Waals surface area (Å²) in [6.45, 7) is 8.36. The molecule has 30 heavy (non-hydrogen) atoms. The predicted octanol–water partition coefficient (Wildman–Crippen LogP) is 9.05. The Balaban J connectivity index is 0.000000575. The Morgan fingerprint density at radius 3 is 1.90 bits per heavy atom. The third-order valence-electron chi connectivity index (χ3n) is 4.92. The van der Waals surface area contributed by atoms with E-state index in [9.17, 15) is 26.0 Å². The van der Waals surface area contributed by atoms with Crippen LogP contribution in [0.2, 0.25) is 0 Å². The first-order chi connectivity index (χ1) is 13.8. The molecule has 0 aliphatic rings. The second kappa shape index (κ2) is 9.60. The summed E-state index contributed by atoms with van der Waals surface area (Å²) in [5.41, 5.74) is 7.73. The number of halogens is 7. The number of aryl methyl sites for hydroxylation is 1. The minimum absolute atomic E-state index is 0.143. The van der Waals surface area contributed by atoms with E-state index in [2.05, 4.69) is 49.7 Å². The van der Waals surface area contributed by atoms with E-state index in [-0.39, 0.29) is 4.88 Å². The molecular weight excluding hydrogens is 489 g/mol. The van der Waals surface area contributed by atoms with E-state index in [1.807, 2.05) is 30.3 Å². The SMILES string of the molecule is Cc1cc(-c2c(-c3ccccc3)[sH+]c(C(F)F)c2Br)c(C)c(C)c1C.F[B-](F)(F)F. The largest absolute Gasteiger partial charge is 0.673 e. The lowest BCUT2D eigenvalue weighted by molar-refractivity contribution is 0.155. The van der Waals surface area contributed by atoms with Crippen LogP contribution in [0.4, 0.5) is 26.0 Å². The van der Waals surface area contributed by atoms with Crippen LogP contribution < -0.4 is 0 Å². The van der Waals surface area contributed by atoms with Crippen molar-refractivity contribution in [3.8, 4) is 21.6 Å². The van der Waals surface area contributed by atoms with E-state index < -0.39 is 13.7 Å². The van der Waals surface area contributed by atoms with Crippen molar-refractivity contribution in [2.45, 2.75) is 34.1 Å². The van der Waals surface area contributed by atoms with Gasteiger partial charge < -0.3 is 17.3 Å². The lowest BCUT2D eigenvalue weighted by Crippen LogP contribution is -2.02. The van der Waals surface area contributed by atoms with Crippen molar-refractivity contribution >= 4 is 34.5 Å². The molecule has 2 aromatic carbocycles. The fraction of sp³-hybridized carbons (Fsp3) is 0.238. The maximum atomic E-state index is 13.6. The van der Waals surface area contributed by atoms with E-state index in [4.69, 9.17) is 0 Å². The summed E-state index contributed by atoms with van der Waals surface area (Å²) in [5.74, 6) is 0. The number of rotatable bonds is 3. The van der Waals surface area contributed by atoms with Crippen molar-refractivity contribution in [1.29, 1.82) is 0 Å². The van der Waals surface area contributed by atoms with E-state index in [0.717, 1.165) is 27.1 Å². The predicted molar refractivity (Wildman–Crippen MR) is 118 cm³/mol. The Labute approximate surface area is 184 Å². The van der Waals surface area contributed by atoms with Crippen LogP contribution in [0.15, 0.2) is 40.9 Å². The molecule has 0 radical (unpaired) electrons. The van der Waals surface area contributed by atoms with Gasteiger partial charge in [0.1, 0.15) is 0 Å². The molecule has 0 unspecified atom stereocenters. The molecule has 0 saturated heterocycles. The Morgan fingerprint density at radius 1 is 0.867 bits per heavy atom. The number of hydrogen-bond acceptors (Lipinski definition) is 0. The summed E-state index contributed by atoms with van der Waals surface area (Å²) in [7, 11) is -6.00. The molecule has 0 N–H and O–H groups in total. The van der Waals surface area contributed by atoms with Gasteiger partial charge in [-0.25, -0.2) is 0 Å². The standard InChI is InChI=1S/C21H19BrF2S.BF4/c1-11-10-16(14(4)13(3)12(11)2)17-18(22)20(21(23)24)25-19(17)15-8-6-5-7-9-15;2-1(3,4)5/h5-10,21H,1-4H3;/q;-1/p+1. The van der Waals surface area contributed by atoms with E-state index in [0.29, 0.717) is 15.8 Å². The van der Waals surface area contributed by atoms with Crippen molar-refractivity contribution in [2.75, 3.05) is 0 Å². The minimum atomic E-state index is -6.00. The fourth-order valence-electron chi connectivity index (χ4n) is 3.12. The van der Waals surface area contributed by atoms with Crippen molar-refractivity contribution in [2.24, 2.45) is 0 Å². The van der Waals surface area contributed by atoms with Crippen LogP contribution in [-0.4, -0.2) is 7.25 Å². The highest BCUT2D eigenvalue weighted by Gasteiger charge is 2.32. The third-order valence-corrected chi connectivity index (χ3v) is 7.41. The molecule has 0 amide bonds. The fourth-order valence-corrected chi connectivity index (χ4v) is 5.30. The van der Waals surface area contributed by atoms with Gasteiger partial charge >= 0.3 is 13.7 Å². The molecule has 162 valence electrons. The van der Waals surface area contributed by atoms with Gasteiger partial charge in [0, 0.05) is 5.56 Å². The Bertz CT molecular complexity index is 1020. The molecule has 0 atom stereocenters. The number of thiophene rings is 1. The Morgan fingerprint density at radius 2 is 1.40 bits per heavy atom. The smallest absolute Gasteiger partial charge is 0.418 e. The summed E-state index contributed by atoms with van der Waals surface area (Å²) in [6.07, 6.45) is -2.47. The van der Waals surface area contributed by atoms with Crippen molar-refractivity contribution in [1.82, 2.24) is 0 Å². The first-order valence-electron chi connectivity index (χ1n) is 8.97. The lowest BCUT2D eigenvalue weighted by atomic mass is 9.90. The second-order valence-corrected chi connectivity index (χ2v) is 8.76. The van der Waals surface area contributed by atoms with Gasteiger partial charge in [0.25, 0.3) is 0 Å². The average Bonchev–Trinajstić information content (AvgIpc) is 3.00. The van der Waals surface area contributed by atoms with Crippen molar-refractivity contribution < 1.29 is 26.0 Å². The third kappa shape index (κ3) is 5.69. The van der Waals surface area contributed by atoms with Crippen molar-refractivity contribution in [3.63, 3.8) is 0 Å². The molecule has 0 saturated carbocycles. The molecule has 0 spiro atoms. The number of alkyl halides is 2. The summed E-state index contributed by atoms with van der Waals surface area (Å²) < 4.78 is 66.7. The summed E-state index contributed by atoms with van der Waals surface area (Å²) in [6, 6.07) is 11.9. The van der Waals surface area contributed by atoms with Gasteiger partial charge in [-0.2, -0.15) is 8.78 Å². The summed E-state index contributed by atoms with van der Waals surface area (Å²) >= 11 is 4.06. The van der Waals surface area contributed by atoms with Crippen LogP contribution in [0, 0.1) is 27.7 Å². The number of benzene rings is 2. The molecule has 0 bridgehead atoms. The van der Waals surface area contributed by atoms with Gasteiger partial charge in [0.05, 0.1) is 10.0 Å². The van der Waals surface area contributed by atoms with E-state index in [1.54, 1.807) is 0 Å². The molecule has 3 rings (SSSR count). The average molecular weight is 509 g/mol. The van der Waals surface area contributed by atoms with Crippen LogP contribution >= 0.6 is 27.3 Å². The first kappa shape index (κ1) is 24.5. The van der Waals surface area contributed by atoms with Crippen LogP contribution in [0.5, 0.6) is 0 Å². The van der Waals surface area contributed by atoms with Gasteiger partial charge in [-0.05, 0) is 94.9 Å². The first-order valence-corrected chi connectivity index (χ1v) is 10.7. The highest BCUT2D eigenvalue weighted by molar-refractivity contribution is 9.10. The molecule has 1 aromatic heterocycles. The second-order valence-electron chi connectivity index (χ2n) is 6.81. The van der Waals surface area contributed by atoms with E-state index in [1.165, 1.54) is 16.7 Å². The van der Waals surface area contributed by atoms with Gasteiger partial charge in [0.15, 0.2) is 4.88 Å². The quantitative estimate of drug-likeness (QED) is 0.188. The normalized spacial score (nSPS) is 11.5. The molecular formula is C21H20BBrF6S. The molecule has 0 nitrogen and oxygen atoms in total. The lowest BCUT2D eigenvalue weighted by Gasteiger charge is -2.14. The maximum Gasteiger partial charge on any atom is 0.673 e.